The molecule has 0 aromatic rings. The van der Waals surface area contributed by atoms with Crippen molar-refractivity contribution in [2.24, 2.45) is 5.92 Å². The van der Waals surface area contributed by atoms with Gasteiger partial charge in [0.1, 0.15) is 0 Å². The van der Waals surface area contributed by atoms with Crippen LogP contribution in [-0.2, 0) is 9.59 Å². The van der Waals surface area contributed by atoms with Gasteiger partial charge in [-0.25, -0.2) is 0 Å². The molecule has 1 N–H and O–H groups in total. The predicted molar refractivity (Wildman–Crippen MR) is 82.9 cm³/mol. The van der Waals surface area contributed by atoms with Gasteiger partial charge in [0.2, 0.25) is 11.8 Å². The molecule has 0 radical (unpaired) electrons. The molecule has 0 spiro atoms. The van der Waals surface area contributed by atoms with Crippen LogP contribution in [0.2, 0.25) is 0 Å². The lowest BCUT2D eigenvalue weighted by Crippen LogP contribution is -2.55. The quantitative estimate of drug-likeness (QED) is 0.802. The van der Waals surface area contributed by atoms with Gasteiger partial charge in [-0.1, -0.05) is 20.3 Å². The van der Waals surface area contributed by atoms with Gasteiger partial charge in [0.15, 0.2) is 0 Å². The number of amides is 2. The summed E-state index contributed by atoms with van der Waals surface area (Å²) < 4.78 is 0. The Hall–Kier alpha value is -1.10. The van der Waals surface area contributed by atoms with E-state index in [1.165, 1.54) is 0 Å². The van der Waals surface area contributed by atoms with E-state index in [1.807, 2.05) is 18.7 Å². The van der Waals surface area contributed by atoms with E-state index < -0.39 is 0 Å². The van der Waals surface area contributed by atoms with Gasteiger partial charge in [-0.05, 0) is 26.2 Å². The summed E-state index contributed by atoms with van der Waals surface area (Å²) in [5.74, 6) is 0.528. The summed E-state index contributed by atoms with van der Waals surface area (Å²) >= 11 is 0. The van der Waals surface area contributed by atoms with Gasteiger partial charge in [0.25, 0.3) is 0 Å². The van der Waals surface area contributed by atoms with E-state index in [0.29, 0.717) is 6.04 Å². The molecule has 0 bridgehead atoms. The summed E-state index contributed by atoms with van der Waals surface area (Å²) in [6.07, 6.45) is 4.25. The van der Waals surface area contributed by atoms with Crippen LogP contribution in [0.3, 0.4) is 0 Å². The maximum absolute atomic E-state index is 12.3. The zero-order chi connectivity index (χ0) is 15.4. The largest absolute Gasteiger partial charge is 0.352 e. The van der Waals surface area contributed by atoms with Crippen LogP contribution < -0.4 is 5.32 Å². The van der Waals surface area contributed by atoms with E-state index in [-0.39, 0.29) is 23.8 Å². The summed E-state index contributed by atoms with van der Waals surface area (Å²) in [6.45, 7) is 9.18. The van der Waals surface area contributed by atoms with Crippen molar-refractivity contribution in [1.29, 1.82) is 0 Å². The van der Waals surface area contributed by atoms with Gasteiger partial charge >= 0.3 is 0 Å². The first-order chi connectivity index (χ1) is 10.0. The Morgan fingerprint density at radius 3 is 2.29 bits per heavy atom. The van der Waals surface area contributed by atoms with E-state index in [2.05, 4.69) is 17.1 Å². The molecule has 2 rings (SSSR count). The van der Waals surface area contributed by atoms with Crippen LogP contribution >= 0.6 is 0 Å². The third-order valence-electron chi connectivity index (χ3n) is 4.62. The van der Waals surface area contributed by atoms with Crippen LogP contribution in [0.5, 0.6) is 0 Å². The monoisotopic (exact) mass is 295 g/mol. The second-order valence-electron chi connectivity index (χ2n) is 6.51. The number of nitrogens with one attached hydrogen (secondary N) is 1. The maximum Gasteiger partial charge on any atom is 0.237 e. The van der Waals surface area contributed by atoms with Crippen LogP contribution in [0.1, 0.15) is 46.5 Å². The predicted octanol–water partition coefficient (Wildman–Crippen LogP) is 1.23. The number of piperazine rings is 1. The molecule has 21 heavy (non-hydrogen) atoms. The first-order valence-corrected chi connectivity index (χ1v) is 8.36. The lowest BCUT2D eigenvalue weighted by molar-refractivity contribution is -0.138. The minimum absolute atomic E-state index is 0.0871. The highest BCUT2D eigenvalue weighted by atomic mass is 16.2. The molecule has 2 atom stereocenters. The molecule has 1 saturated heterocycles. The Morgan fingerprint density at radius 1 is 1.14 bits per heavy atom. The van der Waals surface area contributed by atoms with Crippen molar-refractivity contribution >= 4 is 11.8 Å². The van der Waals surface area contributed by atoms with Gasteiger partial charge in [-0.3, -0.25) is 14.5 Å². The van der Waals surface area contributed by atoms with Gasteiger partial charge in [0.05, 0.1) is 6.04 Å². The molecule has 1 aliphatic carbocycles. The smallest absolute Gasteiger partial charge is 0.237 e. The Balaban J connectivity index is 1.76. The molecule has 2 fully saturated rings. The minimum Gasteiger partial charge on any atom is -0.352 e. The lowest BCUT2D eigenvalue weighted by atomic mass is 10.0. The van der Waals surface area contributed by atoms with E-state index in [4.69, 9.17) is 0 Å². The number of nitrogens with zero attached hydrogens (tertiary/aromatic N) is 2. The highest BCUT2D eigenvalue weighted by Gasteiger charge is 2.31. The standard InChI is InChI=1S/C16H29N3O2/c1-4-5-12(2)16(21)19-10-8-18(9-11-19)13(3)15(20)17-14-6-7-14/h12-14H,4-11H2,1-3H3,(H,17,20). The van der Waals surface area contributed by atoms with E-state index in [1.54, 1.807) is 0 Å². The molecule has 0 aromatic heterocycles. The minimum atomic E-state index is -0.0871. The van der Waals surface area contributed by atoms with Crippen LogP contribution in [-0.4, -0.2) is 59.9 Å². The number of rotatable bonds is 6. The zero-order valence-corrected chi connectivity index (χ0v) is 13.6. The molecule has 5 nitrogen and oxygen atoms in total. The Labute approximate surface area is 128 Å². The fourth-order valence-electron chi connectivity index (χ4n) is 2.91. The second kappa shape index (κ2) is 7.25. The number of hydrogen-bond acceptors (Lipinski definition) is 3. The summed E-state index contributed by atoms with van der Waals surface area (Å²) in [5.41, 5.74) is 0. The van der Waals surface area contributed by atoms with Gasteiger partial charge in [-0.2, -0.15) is 0 Å². The van der Waals surface area contributed by atoms with Crippen molar-refractivity contribution < 1.29 is 9.59 Å². The third kappa shape index (κ3) is 4.43. The summed E-state index contributed by atoms with van der Waals surface area (Å²) in [6, 6.07) is 0.327. The Kier molecular flexibility index (Phi) is 5.62. The van der Waals surface area contributed by atoms with Crippen molar-refractivity contribution in [3.8, 4) is 0 Å². The first-order valence-electron chi connectivity index (χ1n) is 8.36. The molecule has 0 aromatic carbocycles. The molecule has 2 aliphatic rings. The van der Waals surface area contributed by atoms with Gasteiger partial charge in [0, 0.05) is 38.1 Å². The number of hydrogen-bond donors (Lipinski definition) is 1. The van der Waals surface area contributed by atoms with E-state index in [0.717, 1.165) is 51.9 Å². The van der Waals surface area contributed by atoms with Crippen LogP contribution in [0, 0.1) is 5.92 Å². The maximum atomic E-state index is 12.3. The zero-order valence-electron chi connectivity index (χ0n) is 13.6. The first kappa shape index (κ1) is 16.3. The highest BCUT2D eigenvalue weighted by molar-refractivity contribution is 5.82. The average Bonchev–Trinajstić information content (AvgIpc) is 3.30. The fraction of sp³-hybridized carbons (Fsp3) is 0.875. The van der Waals surface area contributed by atoms with Crippen molar-refractivity contribution in [2.45, 2.75) is 58.5 Å². The molecule has 120 valence electrons. The number of carbonyl (C=O) groups excluding carboxylic acids is 2. The third-order valence-corrected chi connectivity index (χ3v) is 4.62. The van der Waals surface area contributed by atoms with E-state index in [9.17, 15) is 9.59 Å². The molecule has 1 heterocycles. The highest BCUT2D eigenvalue weighted by Crippen LogP contribution is 2.19. The lowest BCUT2D eigenvalue weighted by Gasteiger charge is -2.38. The van der Waals surface area contributed by atoms with Crippen molar-refractivity contribution in [3.63, 3.8) is 0 Å². The summed E-state index contributed by atoms with van der Waals surface area (Å²) in [4.78, 5) is 28.5. The summed E-state index contributed by atoms with van der Waals surface area (Å²) in [7, 11) is 0. The van der Waals surface area contributed by atoms with Gasteiger partial charge in [-0.15, -0.1) is 0 Å². The van der Waals surface area contributed by atoms with Crippen molar-refractivity contribution in [3.05, 3.63) is 0 Å². The molecule has 1 saturated carbocycles. The fourth-order valence-corrected chi connectivity index (χ4v) is 2.91. The Bertz CT molecular complexity index is 374. The topological polar surface area (TPSA) is 52.7 Å². The number of carbonyl (C=O) groups is 2. The van der Waals surface area contributed by atoms with Crippen LogP contribution in [0.15, 0.2) is 0 Å². The van der Waals surface area contributed by atoms with Crippen molar-refractivity contribution in [1.82, 2.24) is 15.1 Å². The second-order valence-corrected chi connectivity index (χ2v) is 6.51. The molecule has 5 heteroatoms. The molecular formula is C16H29N3O2. The van der Waals surface area contributed by atoms with Gasteiger partial charge < -0.3 is 10.2 Å². The SMILES string of the molecule is CCCC(C)C(=O)N1CCN(C(C)C(=O)NC2CC2)CC1. The molecule has 2 amide bonds. The van der Waals surface area contributed by atoms with Crippen molar-refractivity contribution in [2.75, 3.05) is 26.2 Å². The summed E-state index contributed by atoms with van der Waals surface area (Å²) in [5, 5.41) is 3.06. The Morgan fingerprint density at radius 2 is 1.76 bits per heavy atom. The van der Waals surface area contributed by atoms with E-state index >= 15 is 0 Å². The normalized spacial score (nSPS) is 22.7. The molecular weight excluding hydrogens is 266 g/mol. The van der Waals surface area contributed by atoms with Crippen LogP contribution in [0.4, 0.5) is 0 Å². The van der Waals surface area contributed by atoms with Crippen LogP contribution in [0.25, 0.3) is 0 Å². The molecule has 1 aliphatic heterocycles. The molecule has 2 unspecified atom stereocenters. The average molecular weight is 295 g/mol.